The Morgan fingerprint density at radius 3 is 2.24 bits per heavy atom. The zero-order valence-corrected chi connectivity index (χ0v) is 33.3. The smallest absolute Gasteiger partial charge is 0.273 e. The first-order chi connectivity index (χ1) is 24.9. The first-order valence-corrected chi connectivity index (χ1v) is 18.2. The van der Waals surface area contributed by atoms with Gasteiger partial charge in [-0.2, -0.15) is 0 Å². The molecular weight excluding hydrogens is 759 g/mol. The van der Waals surface area contributed by atoms with E-state index >= 15 is 0 Å². The average molecular weight is 816 g/mol. The van der Waals surface area contributed by atoms with Gasteiger partial charge >= 0.3 is 0 Å². The van der Waals surface area contributed by atoms with Crippen LogP contribution in [0, 0.1) is 12.8 Å². The van der Waals surface area contributed by atoms with E-state index in [9.17, 15) is 24.9 Å². The minimum absolute atomic E-state index is 0. The summed E-state index contributed by atoms with van der Waals surface area (Å²) < 4.78 is 0. The summed E-state index contributed by atoms with van der Waals surface area (Å²) in [6.07, 6.45) is 0.651. The summed E-state index contributed by atoms with van der Waals surface area (Å²) >= 11 is 5.97. The van der Waals surface area contributed by atoms with Gasteiger partial charge in [0.25, 0.3) is 11.8 Å². The largest absolute Gasteiger partial charge is 0.394 e. The van der Waals surface area contributed by atoms with Crippen LogP contribution < -0.4 is 27.4 Å². The molecule has 3 aromatic rings. The van der Waals surface area contributed by atoms with E-state index in [1.54, 1.807) is 12.1 Å². The molecule has 0 spiro atoms. The standard InChI is InChI=1S/C37H55ClN8O6.2ClH/c1-3-4-5-8-16-46(22-29(48)32(50)30(49)23-47)17-15-42-36(51)27-13-11-25(12-14-27)19-41-20-26(18-28-10-7-6-9-24(28)2)21-43-37(52)31-34(39)45-35(40)33(38)44-31;;/h6-7,9-14,26,29-30,32,41,47-50H,3-5,8,15-23H2,1-2H3,(H,42,51)(H,43,52)(H4,39,40,45);2*1H/t26?,29-,30+,32+;;/m0../s1. The van der Waals surface area contributed by atoms with Crippen LogP contribution in [0.4, 0.5) is 11.6 Å². The number of hydrogen-bond acceptors (Lipinski definition) is 12. The predicted molar refractivity (Wildman–Crippen MR) is 217 cm³/mol. The van der Waals surface area contributed by atoms with E-state index < -0.39 is 30.8 Å². The second-order valence-corrected chi connectivity index (χ2v) is 13.5. The molecular formula is C37H57Cl3N8O6. The SMILES string of the molecule is CCCCCCN(CCNC(=O)c1ccc(CNCC(CNC(=O)c2nc(Cl)c(N)nc2N)Cc2ccccc2C)cc1)C[C@H](O)[C@@H](O)[C@H](O)CO.Cl.Cl. The highest BCUT2D eigenvalue weighted by Crippen LogP contribution is 2.18. The van der Waals surface area contributed by atoms with Crippen LogP contribution in [0.25, 0.3) is 0 Å². The Morgan fingerprint density at radius 1 is 0.870 bits per heavy atom. The Labute approximate surface area is 335 Å². The molecule has 0 saturated heterocycles. The molecule has 2 amide bonds. The van der Waals surface area contributed by atoms with Gasteiger partial charge in [-0.05, 0) is 61.1 Å². The number of unbranched alkanes of at least 4 members (excludes halogenated alkanes) is 3. The Balaban J connectivity index is 0.00000729. The predicted octanol–water partition coefficient (Wildman–Crippen LogP) is 2.51. The number of nitrogen functional groups attached to an aromatic ring is 2. The molecule has 1 heterocycles. The lowest BCUT2D eigenvalue weighted by atomic mass is 9.95. The van der Waals surface area contributed by atoms with E-state index in [2.05, 4.69) is 51.9 Å². The van der Waals surface area contributed by atoms with Crippen LogP contribution in [0.3, 0.4) is 0 Å². The Bertz CT molecular complexity index is 1560. The number of carbonyl (C=O) groups excluding carboxylic acids is 2. The van der Waals surface area contributed by atoms with E-state index in [4.69, 9.17) is 28.2 Å². The van der Waals surface area contributed by atoms with E-state index in [1.807, 2.05) is 29.2 Å². The van der Waals surface area contributed by atoms with Crippen molar-refractivity contribution < 1.29 is 30.0 Å². The molecule has 4 atom stereocenters. The van der Waals surface area contributed by atoms with Gasteiger partial charge in [-0.25, -0.2) is 9.97 Å². The molecule has 14 nitrogen and oxygen atoms in total. The van der Waals surface area contributed by atoms with E-state index in [-0.39, 0.29) is 65.7 Å². The lowest BCUT2D eigenvalue weighted by Gasteiger charge is -2.29. The van der Waals surface area contributed by atoms with Crippen LogP contribution >= 0.6 is 36.4 Å². The average Bonchev–Trinajstić information content (AvgIpc) is 3.13. The number of benzene rings is 2. The summed E-state index contributed by atoms with van der Waals surface area (Å²) in [6, 6.07) is 15.4. The molecule has 0 aliphatic heterocycles. The molecule has 0 fully saturated rings. The van der Waals surface area contributed by atoms with Gasteiger partial charge in [-0.3, -0.25) is 14.5 Å². The van der Waals surface area contributed by atoms with Gasteiger partial charge in [-0.15, -0.1) is 24.8 Å². The molecule has 3 rings (SSSR count). The molecule has 0 aliphatic carbocycles. The third-order valence-electron chi connectivity index (χ3n) is 8.88. The maximum atomic E-state index is 12.9. The van der Waals surface area contributed by atoms with Crippen LogP contribution in [0.1, 0.15) is 70.1 Å². The number of carbonyl (C=O) groups is 2. The van der Waals surface area contributed by atoms with Crippen LogP contribution in [-0.4, -0.2) is 111 Å². The first kappa shape index (κ1) is 48.7. The fraction of sp³-hybridized carbons (Fsp3) is 0.514. The summed E-state index contributed by atoms with van der Waals surface area (Å²) in [7, 11) is 0. The number of nitrogens with one attached hydrogen (secondary N) is 3. The van der Waals surface area contributed by atoms with Crippen molar-refractivity contribution in [2.24, 2.45) is 5.92 Å². The lowest BCUT2D eigenvalue weighted by molar-refractivity contribution is -0.0840. The summed E-state index contributed by atoms with van der Waals surface area (Å²) in [5.41, 5.74) is 15.2. The van der Waals surface area contributed by atoms with Gasteiger partial charge in [0, 0.05) is 44.8 Å². The number of nitrogens with zero attached hydrogens (tertiary/aromatic N) is 3. The number of hydrogen-bond donors (Lipinski definition) is 9. The minimum atomic E-state index is -1.47. The van der Waals surface area contributed by atoms with Crippen molar-refractivity contribution in [1.82, 2.24) is 30.8 Å². The monoisotopic (exact) mass is 814 g/mol. The topological polar surface area (TPSA) is 232 Å². The number of anilines is 2. The molecule has 302 valence electrons. The quantitative estimate of drug-likeness (QED) is 0.0629. The van der Waals surface area contributed by atoms with Crippen LogP contribution in [0.2, 0.25) is 5.15 Å². The van der Waals surface area contributed by atoms with Gasteiger partial charge in [0.2, 0.25) is 0 Å². The third kappa shape index (κ3) is 16.2. The van der Waals surface area contributed by atoms with Crippen molar-refractivity contribution in [2.75, 3.05) is 57.3 Å². The Hall–Kier alpha value is -3.31. The molecule has 0 bridgehead atoms. The van der Waals surface area contributed by atoms with Crippen molar-refractivity contribution in [2.45, 2.75) is 70.8 Å². The zero-order valence-electron chi connectivity index (χ0n) is 30.9. The normalized spacial score (nSPS) is 13.3. The molecule has 1 aromatic heterocycles. The molecule has 11 N–H and O–H groups in total. The van der Waals surface area contributed by atoms with Crippen molar-refractivity contribution >= 4 is 59.9 Å². The van der Waals surface area contributed by atoms with E-state index in [0.29, 0.717) is 51.3 Å². The first-order valence-electron chi connectivity index (χ1n) is 17.8. The fourth-order valence-corrected chi connectivity index (χ4v) is 5.84. The van der Waals surface area contributed by atoms with Gasteiger partial charge < -0.3 is 47.8 Å². The minimum Gasteiger partial charge on any atom is -0.394 e. The van der Waals surface area contributed by atoms with Crippen molar-refractivity contribution in [3.05, 3.63) is 81.6 Å². The molecule has 54 heavy (non-hydrogen) atoms. The Morgan fingerprint density at radius 2 is 1.57 bits per heavy atom. The molecule has 17 heteroatoms. The number of aliphatic hydroxyl groups is 4. The molecule has 0 radical (unpaired) electrons. The lowest BCUT2D eigenvalue weighted by Crippen LogP contribution is -2.47. The third-order valence-corrected chi connectivity index (χ3v) is 9.16. The number of aryl methyl sites for hydroxylation is 1. The van der Waals surface area contributed by atoms with E-state index in [1.165, 1.54) is 5.56 Å². The summed E-state index contributed by atoms with van der Waals surface area (Å²) in [4.78, 5) is 35.7. The van der Waals surface area contributed by atoms with Gasteiger partial charge in [-0.1, -0.05) is 74.2 Å². The van der Waals surface area contributed by atoms with Crippen LogP contribution in [0.15, 0.2) is 48.5 Å². The van der Waals surface area contributed by atoms with Gasteiger partial charge in [0.1, 0.15) is 12.2 Å². The number of rotatable bonds is 23. The number of amides is 2. The number of aliphatic hydroxyl groups excluding tert-OH is 4. The zero-order chi connectivity index (χ0) is 38.0. The fourth-order valence-electron chi connectivity index (χ4n) is 5.71. The molecule has 1 unspecified atom stereocenters. The molecule has 0 saturated carbocycles. The van der Waals surface area contributed by atoms with Crippen molar-refractivity contribution in [3.63, 3.8) is 0 Å². The highest BCUT2D eigenvalue weighted by atomic mass is 35.5. The number of halogens is 3. The highest BCUT2D eigenvalue weighted by Gasteiger charge is 2.26. The maximum absolute atomic E-state index is 12.9. The second-order valence-electron chi connectivity index (χ2n) is 13.1. The molecule has 2 aromatic carbocycles. The van der Waals surface area contributed by atoms with Crippen LogP contribution in [-0.2, 0) is 13.0 Å². The van der Waals surface area contributed by atoms with Gasteiger partial charge in [0.15, 0.2) is 22.5 Å². The van der Waals surface area contributed by atoms with Crippen LogP contribution in [0.5, 0.6) is 0 Å². The molecule has 0 aliphatic rings. The van der Waals surface area contributed by atoms with Crippen molar-refractivity contribution in [1.29, 1.82) is 0 Å². The highest BCUT2D eigenvalue weighted by molar-refractivity contribution is 6.31. The van der Waals surface area contributed by atoms with E-state index in [0.717, 1.165) is 36.8 Å². The van der Waals surface area contributed by atoms with Gasteiger partial charge in [0.05, 0.1) is 12.7 Å². The summed E-state index contributed by atoms with van der Waals surface area (Å²) in [5.74, 6) is -0.858. The number of aromatic nitrogens is 2. The summed E-state index contributed by atoms with van der Waals surface area (Å²) in [6.45, 7) is 6.51. The van der Waals surface area contributed by atoms with Crippen molar-refractivity contribution in [3.8, 4) is 0 Å². The second kappa shape index (κ2) is 25.7. The summed E-state index contributed by atoms with van der Waals surface area (Å²) in [5, 5.41) is 48.5. The maximum Gasteiger partial charge on any atom is 0.273 e. The number of nitrogens with two attached hydrogens (primary N) is 2. The Kier molecular flexibility index (Phi) is 23.2.